The molecule has 0 amide bonds. The molecule has 0 radical (unpaired) electrons. The largest absolute Gasteiger partial charge is 0.394 e. The molecule has 0 saturated carbocycles. The highest BCUT2D eigenvalue weighted by molar-refractivity contribution is 5.61. The predicted octanol–water partition coefficient (Wildman–Crippen LogP) is 1.74. The summed E-state index contributed by atoms with van der Waals surface area (Å²) in [5.74, 6) is 0. The maximum absolute atomic E-state index is 12.1. The highest BCUT2D eigenvalue weighted by atomic mass is 16.5. The van der Waals surface area contributed by atoms with Gasteiger partial charge in [-0.05, 0) is 17.7 Å². The first kappa shape index (κ1) is 12.4. The summed E-state index contributed by atoms with van der Waals surface area (Å²) < 4.78 is 6.68. The molecule has 0 aliphatic rings. The van der Waals surface area contributed by atoms with Crippen LogP contribution in [0.25, 0.3) is 11.3 Å². The molecule has 0 saturated heterocycles. The minimum Gasteiger partial charge on any atom is -0.394 e. The van der Waals surface area contributed by atoms with Crippen LogP contribution >= 0.6 is 0 Å². The monoisotopic (exact) mass is 244 g/mol. The molecule has 2 aromatic rings. The second-order valence-corrected chi connectivity index (χ2v) is 3.99. The molecule has 0 aliphatic heterocycles. The molecule has 0 bridgehead atoms. The number of aromatic nitrogens is 1. The number of methoxy groups -OCH3 is 1. The maximum Gasteiger partial charge on any atom is 0.274 e. The maximum atomic E-state index is 12.1. The standard InChI is InChI=1S/C14H16N2O2/c1-18-10-9-16-13(8-7-12(15)14(16)17)11-5-3-2-4-6-11/h2-8H,9-10,15H2,1H3. The van der Waals surface area contributed by atoms with E-state index in [0.717, 1.165) is 11.3 Å². The van der Waals surface area contributed by atoms with E-state index in [9.17, 15) is 4.79 Å². The molecule has 1 heterocycles. The molecule has 1 aromatic heterocycles. The fourth-order valence-corrected chi connectivity index (χ4v) is 1.86. The number of ether oxygens (including phenoxy) is 1. The minimum absolute atomic E-state index is 0.173. The number of anilines is 1. The van der Waals surface area contributed by atoms with E-state index in [1.54, 1.807) is 17.7 Å². The van der Waals surface area contributed by atoms with Crippen molar-refractivity contribution in [3.8, 4) is 11.3 Å². The molecule has 2 N–H and O–H groups in total. The van der Waals surface area contributed by atoms with E-state index in [4.69, 9.17) is 10.5 Å². The van der Waals surface area contributed by atoms with Gasteiger partial charge in [-0.25, -0.2) is 0 Å². The van der Waals surface area contributed by atoms with Gasteiger partial charge in [-0.15, -0.1) is 0 Å². The van der Waals surface area contributed by atoms with E-state index in [2.05, 4.69) is 0 Å². The number of hydrogen-bond donors (Lipinski definition) is 1. The number of pyridine rings is 1. The second-order valence-electron chi connectivity index (χ2n) is 3.99. The summed E-state index contributed by atoms with van der Waals surface area (Å²) in [6, 6.07) is 13.3. The number of nitrogen functional groups attached to an aromatic ring is 1. The average molecular weight is 244 g/mol. The molecule has 1 aromatic carbocycles. The molecule has 4 nitrogen and oxygen atoms in total. The molecule has 0 fully saturated rings. The van der Waals surface area contributed by atoms with Gasteiger partial charge in [-0.2, -0.15) is 0 Å². The van der Waals surface area contributed by atoms with Crippen molar-refractivity contribution in [1.82, 2.24) is 4.57 Å². The molecule has 0 unspecified atom stereocenters. The van der Waals surface area contributed by atoms with Crippen molar-refractivity contribution in [3.05, 3.63) is 52.8 Å². The summed E-state index contributed by atoms with van der Waals surface area (Å²) in [5, 5.41) is 0. The van der Waals surface area contributed by atoms with Crippen LogP contribution in [0.4, 0.5) is 5.69 Å². The fraction of sp³-hybridized carbons (Fsp3) is 0.214. The second kappa shape index (κ2) is 5.51. The average Bonchev–Trinajstić information content (AvgIpc) is 2.41. The van der Waals surface area contributed by atoms with Gasteiger partial charge in [-0.3, -0.25) is 4.79 Å². The van der Waals surface area contributed by atoms with Crippen LogP contribution in [0.5, 0.6) is 0 Å². The Labute approximate surface area is 106 Å². The van der Waals surface area contributed by atoms with Gasteiger partial charge in [-0.1, -0.05) is 30.3 Å². The van der Waals surface area contributed by atoms with Crippen LogP contribution in [0.2, 0.25) is 0 Å². The van der Waals surface area contributed by atoms with Crippen molar-refractivity contribution < 1.29 is 4.74 Å². The molecule has 0 spiro atoms. The summed E-state index contributed by atoms with van der Waals surface area (Å²) in [6.45, 7) is 0.966. The SMILES string of the molecule is COCCn1c(-c2ccccc2)ccc(N)c1=O. The molecule has 0 atom stereocenters. The third kappa shape index (κ3) is 2.43. The minimum atomic E-state index is -0.173. The third-order valence-corrected chi connectivity index (χ3v) is 2.79. The van der Waals surface area contributed by atoms with E-state index in [-0.39, 0.29) is 11.2 Å². The van der Waals surface area contributed by atoms with Gasteiger partial charge < -0.3 is 15.0 Å². The molecule has 2 rings (SSSR count). The first-order chi connectivity index (χ1) is 8.74. The zero-order valence-corrected chi connectivity index (χ0v) is 10.3. The van der Waals surface area contributed by atoms with E-state index in [0.29, 0.717) is 13.2 Å². The van der Waals surface area contributed by atoms with Crippen molar-refractivity contribution in [2.24, 2.45) is 0 Å². The lowest BCUT2D eigenvalue weighted by molar-refractivity contribution is 0.186. The summed E-state index contributed by atoms with van der Waals surface area (Å²) >= 11 is 0. The summed E-state index contributed by atoms with van der Waals surface area (Å²) in [4.78, 5) is 12.1. The first-order valence-electron chi connectivity index (χ1n) is 5.77. The third-order valence-electron chi connectivity index (χ3n) is 2.79. The predicted molar refractivity (Wildman–Crippen MR) is 72.4 cm³/mol. The van der Waals surface area contributed by atoms with Gasteiger partial charge in [0.05, 0.1) is 18.0 Å². The molecular weight excluding hydrogens is 228 g/mol. The molecular formula is C14H16N2O2. The van der Waals surface area contributed by atoms with Crippen LogP contribution in [0.3, 0.4) is 0 Å². The normalized spacial score (nSPS) is 10.5. The number of nitrogens with two attached hydrogens (primary N) is 1. The lowest BCUT2D eigenvalue weighted by Gasteiger charge is -2.13. The van der Waals surface area contributed by atoms with E-state index < -0.39 is 0 Å². The zero-order valence-electron chi connectivity index (χ0n) is 10.3. The quantitative estimate of drug-likeness (QED) is 0.891. The van der Waals surface area contributed by atoms with E-state index in [1.165, 1.54) is 0 Å². The smallest absolute Gasteiger partial charge is 0.274 e. The number of rotatable bonds is 4. The van der Waals surface area contributed by atoms with Crippen molar-refractivity contribution in [2.45, 2.75) is 6.54 Å². The van der Waals surface area contributed by atoms with Gasteiger partial charge in [0.15, 0.2) is 0 Å². The van der Waals surface area contributed by atoms with Gasteiger partial charge in [0.25, 0.3) is 5.56 Å². The number of benzene rings is 1. The summed E-state index contributed by atoms with van der Waals surface area (Å²) in [7, 11) is 1.61. The summed E-state index contributed by atoms with van der Waals surface area (Å²) in [5.41, 5.74) is 7.59. The zero-order chi connectivity index (χ0) is 13.0. The van der Waals surface area contributed by atoms with Crippen LogP contribution in [0.1, 0.15) is 0 Å². The lowest BCUT2D eigenvalue weighted by Crippen LogP contribution is -2.25. The topological polar surface area (TPSA) is 57.2 Å². The number of nitrogens with zero attached hydrogens (tertiary/aromatic N) is 1. The van der Waals surface area contributed by atoms with Gasteiger partial charge in [0.1, 0.15) is 0 Å². The number of hydrogen-bond acceptors (Lipinski definition) is 3. The van der Waals surface area contributed by atoms with Crippen LogP contribution in [-0.4, -0.2) is 18.3 Å². The summed E-state index contributed by atoms with van der Waals surface area (Å²) in [6.07, 6.45) is 0. The van der Waals surface area contributed by atoms with E-state index in [1.807, 2.05) is 36.4 Å². The van der Waals surface area contributed by atoms with Gasteiger partial charge in [0.2, 0.25) is 0 Å². The fourth-order valence-electron chi connectivity index (χ4n) is 1.86. The first-order valence-corrected chi connectivity index (χ1v) is 5.77. The Balaban J connectivity index is 2.53. The molecule has 4 heteroatoms. The van der Waals surface area contributed by atoms with Crippen molar-refractivity contribution in [1.29, 1.82) is 0 Å². The van der Waals surface area contributed by atoms with Gasteiger partial charge in [0, 0.05) is 13.7 Å². The molecule has 0 aliphatic carbocycles. The van der Waals surface area contributed by atoms with Crippen LogP contribution in [0.15, 0.2) is 47.3 Å². The lowest BCUT2D eigenvalue weighted by atomic mass is 10.1. The van der Waals surface area contributed by atoms with Crippen molar-refractivity contribution >= 4 is 5.69 Å². The van der Waals surface area contributed by atoms with Crippen molar-refractivity contribution in [3.63, 3.8) is 0 Å². The van der Waals surface area contributed by atoms with Crippen LogP contribution < -0.4 is 11.3 Å². The Morgan fingerprint density at radius 2 is 1.89 bits per heavy atom. The Morgan fingerprint density at radius 1 is 1.17 bits per heavy atom. The van der Waals surface area contributed by atoms with Crippen molar-refractivity contribution in [2.75, 3.05) is 19.5 Å². The van der Waals surface area contributed by atoms with E-state index >= 15 is 0 Å². The van der Waals surface area contributed by atoms with Crippen LogP contribution in [0, 0.1) is 0 Å². The van der Waals surface area contributed by atoms with Crippen LogP contribution in [-0.2, 0) is 11.3 Å². The molecule has 18 heavy (non-hydrogen) atoms. The Bertz CT molecular complexity index is 576. The highest BCUT2D eigenvalue weighted by Crippen LogP contribution is 2.18. The Kier molecular flexibility index (Phi) is 3.79. The Hall–Kier alpha value is -2.07. The highest BCUT2D eigenvalue weighted by Gasteiger charge is 2.08. The molecule has 94 valence electrons. The van der Waals surface area contributed by atoms with Gasteiger partial charge >= 0.3 is 0 Å². The Morgan fingerprint density at radius 3 is 2.56 bits per heavy atom.